The maximum absolute atomic E-state index is 11.9. The smallest absolute Gasteiger partial charge is 0.261 e. The highest BCUT2D eigenvalue weighted by Gasteiger charge is 2.15. The molecule has 7 nitrogen and oxygen atoms in total. The van der Waals surface area contributed by atoms with Crippen molar-refractivity contribution < 1.29 is 4.79 Å². The Kier molecular flexibility index (Phi) is 3.30. The Balaban J connectivity index is 2.12. The molecular weight excluding hydrogens is 256 g/mol. The van der Waals surface area contributed by atoms with E-state index in [9.17, 15) is 4.79 Å². The van der Waals surface area contributed by atoms with Crippen molar-refractivity contribution in [2.75, 3.05) is 5.32 Å². The summed E-state index contributed by atoms with van der Waals surface area (Å²) in [7, 11) is 1.64. The SMILES string of the molecule is Cn1ncc(C(=O)Nc2ccn(CC#N)n2)c1Cl. The van der Waals surface area contributed by atoms with Crippen molar-refractivity contribution in [2.45, 2.75) is 6.54 Å². The molecule has 2 rings (SSSR count). The highest BCUT2D eigenvalue weighted by Crippen LogP contribution is 2.15. The third-order valence-electron chi connectivity index (χ3n) is 2.23. The van der Waals surface area contributed by atoms with Gasteiger partial charge in [-0.1, -0.05) is 11.6 Å². The first-order valence-corrected chi connectivity index (χ1v) is 5.39. The number of nitrogens with zero attached hydrogens (tertiary/aromatic N) is 5. The van der Waals surface area contributed by atoms with E-state index in [1.165, 1.54) is 15.6 Å². The maximum atomic E-state index is 11.9. The predicted octanol–water partition coefficient (Wildman–Crippen LogP) is 1.05. The lowest BCUT2D eigenvalue weighted by Crippen LogP contribution is -2.12. The van der Waals surface area contributed by atoms with Gasteiger partial charge >= 0.3 is 0 Å². The number of carbonyl (C=O) groups is 1. The third kappa shape index (κ3) is 2.33. The van der Waals surface area contributed by atoms with Crippen LogP contribution in [0, 0.1) is 11.3 Å². The zero-order chi connectivity index (χ0) is 13.1. The Hall–Kier alpha value is -2.33. The highest BCUT2D eigenvalue weighted by molar-refractivity contribution is 6.33. The molecular formula is C10H9ClN6O. The van der Waals surface area contributed by atoms with Crippen molar-refractivity contribution in [3.8, 4) is 6.07 Å². The maximum Gasteiger partial charge on any atom is 0.261 e. The molecule has 0 aliphatic carbocycles. The number of aryl methyl sites for hydroxylation is 1. The predicted molar refractivity (Wildman–Crippen MR) is 64.0 cm³/mol. The number of nitrogens with one attached hydrogen (secondary N) is 1. The summed E-state index contributed by atoms with van der Waals surface area (Å²) in [6.45, 7) is 0.128. The van der Waals surface area contributed by atoms with Gasteiger partial charge < -0.3 is 5.32 Å². The first-order valence-electron chi connectivity index (χ1n) is 5.01. The minimum atomic E-state index is -0.393. The molecule has 0 atom stereocenters. The molecule has 0 fully saturated rings. The van der Waals surface area contributed by atoms with Crippen LogP contribution in [0.25, 0.3) is 0 Å². The standard InChI is InChI=1S/C10H9ClN6O/c1-16-9(11)7(6-13-16)10(18)14-8-2-4-17(15-8)5-3-12/h2,4,6H,5H2,1H3,(H,14,15,18). The highest BCUT2D eigenvalue weighted by atomic mass is 35.5. The molecule has 0 aromatic carbocycles. The monoisotopic (exact) mass is 264 g/mol. The number of halogens is 1. The second kappa shape index (κ2) is 4.89. The summed E-state index contributed by atoms with van der Waals surface area (Å²) in [6.07, 6.45) is 2.98. The molecule has 0 radical (unpaired) electrons. The van der Waals surface area contributed by atoms with Gasteiger partial charge in [-0.15, -0.1) is 0 Å². The van der Waals surface area contributed by atoms with Crippen LogP contribution in [-0.2, 0) is 13.6 Å². The molecule has 2 aromatic heterocycles. The summed E-state index contributed by atoms with van der Waals surface area (Å²) in [5.41, 5.74) is 0.272. The van der Waals surface area contributed by atoms with E-state index < -0.39 is 5.91 Å². The zero-order valence-electron chi connectivity index (χ0n) is 9.46. The largest absolute Gasteiger partial charge is 0.305 e. The molecule has 0 aliphatic rings. The van der Waals surface area contributed by atoms with Gasteiger partial charge in [0.15, 0.2) is 5.82 Å². The molecule has 8 heteroatoms. The number of aromatic nitrogens is 4. The lowest BCUT2D eigenvalue weighted by molar-refractivity contribution is 0.102. The minimum absolute atomic E-state index is 0.128. The van der Waals surface area contributed by atoms with E-state index in [0.29, 0.717) is 5.82 Å². The fraction of sp³-hybridized carbons (Fsp3) is 0.200. The molecule has 2 heterocycles. The van der Waals surface area contributed by atoms with Crippen molar-refractivity contribution in [1.29, 1.82) is 5.26 Å². The van der Waals surface area contributed by atoms with E-state index in [0.717, 1.165) is 0 Å². The Labute approximate surface area is 108 Å². The molecule has 0 saturated carbocycles. The zero-order valence-corrected chi connectivity index (χ0v) is 10.2. The number of carbonyl (C=O) groups excluding carboxylic acids is 1. The summed E-state index contributed by atoms with van der Waals surface area (Å²) in [4.78, 5) is 11.9. The van der Waals surface area contributed by atoms with E-state index in [1.54, 1.807) is 19.3 Å². The number of rotatable bonds is 3. The Morgan fingerprint density at radius 1 is 1.67 bits per heavy atom. The molecule has 0 spiro atoms. The van der Waals surface area contributed by atoms with E-state index in [1.807, 2.05) is 6.07 Å². The summed E-state index contributed by atoms with van der Waals surface area (Å²) in [5.74, 6) is -0.0366. The van der Waals surface area contributed by atoms with Gasteiger partial charge in [-0.05, 0) is 0 Å². The van der Waals surface area contributed by atoms with Gasteiger partial charge in [0.25, 0.3) is 5.91 Å². The van der Waals surface area contributed by atoms with Crippen LogP contribution in [0.5, 0.6) is 0 Å². The van der Waals surface area contributed by atoms with Crippen LogP contribution in [0.3, 0.4) is 0 Å². The van der Waals surface area contributed by atoms with Gasteiger partial charge in [-0.25, -0.2) is 0 Å². The molecule has 1 amide bonds. The van der Waals surface area contributed by atoms with Crippen molar-refractivity contribution >= 4 is 23.3 Å². The van der Waals surface area contributed by atoms with Crippen LogP contribution in [0.4, 0.5) is 5.82 Å². The summed E-state index contributed by atoms with van der Waals surface area (Å²) < 4.78 is 2.81. The van der Waals surface area contributed by atoms with Crippen LogP contribution in [0.15, 0.2) is 18.5 Å². The van der Waals surface area contributed by atoms with Gasteiger partial charge in [-0.3, -0.25) is 14.2 Å². The molecule has 1 N–H and O–H groups in total. The van der Waals surface area contributed by atoms with Gasteiger partial charge in [0, 0.05) is 19.3 Å². The number of anilines is 1. The summed E-state index contributed by atoms with van der Waals surface area (Å²) in [5, 5.41) is 19.2. The van der Waals surface area contributed by atoms with Crippen molar-refractivity contribution in [1.82, 2.24) is 19.6 Å². The van der Waals surface area contributed by atoms with E-state index in [-0.39, 0.29) is 17.3 Å². The van der Waals surface area contributed by atoms with E-state index >= 15 is 0 Å². The number of hydrogen-bond acceptors (Lipinski definition) is 4. The van der Waals surface area contributed by atoms with Crippen LogP contribution in [0.1, 0.15) is 10.4 Å². The molecule has 18 heavy (non-hydrogen) atoms. The van der Waals surface area contributed by atoms with Gasteiger partial charge in [0.2, 0.25) is 0 Å². The number of hydrogen-bond donors (Lipinski definition) is 1. The molecule has 0 aliphatic heterocycles. The average molecular weight is 265 g/mol. The molecule has 0 bridgehead atoms. The first-order chi connectivity index (χ1) is 8.61. The Morgan fingerprint density at radius 3 is 3.06 bits per heavy atom. The van der Waals surface area contributed by atoms with Crippen molar-refractivity contribution in [3.05, 3.63) is 29.2 Å². The second-order valence-electron chi connectivity index (χ2n) is 3.48. The first kappa shape index (κ1) is 12.1. The average Bonchev–Trinajstić information content (AvgIpc) is 2.89. The van der Waals surface area contributed by atoms with E-state index in [4.69, 9.17) is 16.9 Å². The van der Waals surface area contributed by atoms with E-state index in [2.05, 4.69) is 15.5 Å². The van der Waals surface area contributed by atoms with Crippen molar-refractivity contribution in [2.24, 2.45) is 7.05 Å². The summed E-state index contributed by atoms with van der Waals surface area (Å²) >= 11 is 5.90. The van der Waals surface area contributed by atoms with Crippen LogP contribution >= 0.6 is 11.6 Å². The fourth-order valence-corrected chi connectivity index (χ4v) is 1.53. The number of amides is 1. The van der Waals surface area contributed by atoms with Gasteiger partial charge in [0.05, 0.1) is 17.8 Å². The fourth-order valence-electron chi connectivity index (χ4n) is 1.35. The van der Waals surface area contributed by atoms with Crippen LogP contribution in [0.2, 0.25) is 5.15 Å². The second-order valence-corrected chi connectivity index (χ2v) is 3.84. The molecule has 2 aromatic rings. The Morgan fingerprint density at radius 2 is 2.44 bits per heavy atom. The number of nitriles is 1. The molecule has 92 valence electrons. The lowest BCUT2D eigenvalue weighted by Gasteiger charge is -2.00. The van der Waals surface area contributed by atoms with Crippen LogP contribution < -0.4 is 5.32 Å². The quantitative estimate of drug-likeness (QED) is 0.897. The van der Waals surface area contributed by atoms with Gasteiger partial charge in [0.1, 0.15) is 11.7 Å². The Bertz CT molecular complexity index is 623. The van der Waals surface area contributed by atoms with Crippen molar-refractivity contribution in [3.63, 3.8) is 0 Å². The molecule has 0 saturated heterocycles. The van der Waals surface area contributed by atoms with Gasteiger partial charge in [-0.2, -0.15) is 15.5 Å². The molecule has 0 unspecified atom stereocenters. The minimum Gasteiger partial charge on any atom is -0.305 e. The topological polar surface area (TPSA) is 88.5 Å². The van der Waals surface area contributed by atoms with Crippen LogP contribution in [-0.4, -0.2) is 25.5 Å². The summed E-state index contributed by atoms with van der Waals surface area (Å²) in [6, 6.07) is 3.54. The third-order valence-corrected chi connectivity index (χ3v) is 2.67. The lowest BCUT2D eigenvalue weighted by atomic mass is 10.3. The normalized spacial score (nSPS) is 10.1.